The molecule has 2 aromatic heterocycles. The summed E-state index contributed by atoms with van der Waals surface area (Å²) < 4.78 is 37.9. The van der Waals surface area contributed by atoms with Crippen LogP contribution >= 0.6 is 11.3 Å². The van der Waals surface area contributed by atoms with Crippen LogP contribution in [-0.4, -0.2) is 34.1 Å². The summed E-state index contributed by atoms with van der Waals surface area (Å²) in [5.41, 5.74) is 0.135. The first-order valence-corrected chi connectivity index (χ1v) is 8.69. The molecule has 1 atom stereocenters. The number of hydrogen-bond donors (Lipinski definition) is 1. The van der Waals surface area contributed by atoms with E-state index >= 15 is 0 Å². The van der Waals surface area contributed by atoms with Crippen LogP contribution in [0.5, 0.6) is 0 Å². The summed E-state index contributed by atoms with van der Waals surface area (Å²) in [6.45, 7) is 3.60. The van der Waals surface area contributed by atoms with E-state index in [0.29, 0.717) is 11.7 Å². The normalized spacial score (nSPS) is 18.7. The van der Waals surface area contributed by atoms with Gasteiger partial charge in [0.2, 0.25) is 0 Å². The summed E-state index contributed by atoms with van der Waals surface area (Å²) >= 11 is 0.987. The summed E-state index contributed by atoms with van der Waals surface area (Å²) in [4.78, 5) is 14.3. The third-order valence-corrected chi connectivity index (χ3v) is 4.71. The number of rotatable bonds is 4. The van der Waals surface area contributed by atoms with Crippen molar-refractivity contribution in [1.82, 2.24) is 15.0 Å². The fourth-order valence-corrected chi connectivity index (χ4v) is 3.50. The highest BCUT2D eigenvalue weighted by molar-refractivity contribution is 7.13. The van der Waals surface area contributed by atoms with Gasteiger partial charge in [-0.25, -0.2) is 15.0 Å². The number of aryl methyl sites for hydroxylation is 1. The van der Waals surface area contributed by atoms with Crippen molar-refractivity contribution in [2.75, 3.05) is 23.3 Å². The molecule has 1 saturated heterocycles. The summed E-state index contributed by atoms with van der Waals surface area (Å²) in [6, 6.07) is 2.01. The first kappa shape index (κ1) is 16.9. The van der Waals surface area contributed by atoms with Crippen molar-refractivity contribution in [2.24, 2.45) is 0 Å². The van der Waals surface area contributed by atoms with Gasteiger partial charge in [-0.15, -0.1) is 11.3 Å². The summed E-state index contributed by atoms with van der Waals surface area (Å²) in [7, 11) is 0. The zero-order valence-electron chi connectivity index (χ0n) is 13.2. The third-order valence-electron chi connectivity index (χ3n) is 3.94. The number of halogens is 3. The maximum atomic E-state index is 12.6. The number of alkyl halides is 3. The van der Waals surface area contributed by atoms with Gasteiger partial charge in [-0.2, -0.15) is 13.2 Å². The highest BCUT2D eigenvalue weighted by Crippen LogP contribution is 2.32. The van der Waals surface area contributed by atoms with E-state index < -0.39 is 11.9 Å². The number of thiazole rings is 1. The molecule has 24 heavy (non-hydrogen) atoms. The van der Waals surface area contributed by atoms with Gasteiger partial charge in [0.05, 0.1) is 0 Å². The van der Waals surface area contributed by atoms with E-state index in [9.17, 15) is 13.2 Å². The van der Waals surface area contributed by atoms with Crippen LogP contribution < -0.4 is 10.2 Å². The molecule has 0 aromatic carbocycles. The van der Waals surface area contributed by atoms with E-state index in [1.54, 1.807) is 6.33 Å². The molecule has 3 rings (SSSR count). The maximum Gasteiger partial charge on any atom is 0.434 e. The Morgan fingerprint density at radius 3 is 2.92 bits per heavy atom. The number of aromatic nitrogens is 3. The van der Waals surface area contributed by atoms with Crippen LogP contribution in [0.3, 0.4) is 0 Å². The van der Waals surface area contributed by atoms with Gasteiger partial charge in [0, 0.05) is 36.3 Å². The van der Waals surface area contributed by atoms with Crippen LogP contribution in [-0.2, 0) is 12.6 Å². The van der Waals surface area contributed by atoms with E-state index in [1.807, 2.05) is 13.0 Å². The molecule has 9 heteroatoms. The number of nitrogens with zero attached hydrogens (tertiary/aromatic N) is 4. The van der Waals surface area contributed by atoms with Crippen LogP contribution in [0.1, 0.15) is 31.2 Å². The Labute approximate surface area is 142 Å². The monoisotopic (exact) mass is 357 g/mol. The zero-order chi connectivity index (χ0) is 17.2. The molecule has 1 aliphatic heterocycles. The summed E-state index contributed by atoms with van der Waals surface area (Å²) in [5, 5.41) is 4.48. The Bertz CT molecular complexity index is 688. The second-order valence-electron chi connectivity index (χ2n) is 5.69. The molecule has 0 aliphatic carbocycles. The fraction of sp³-hybridized carbons (Fsp3) is 0.533. The molecule has 1 N–H and O–H groups in total. The summed E-state index contributed by atoms with van der Waals surface area (Å²) in [6.07, 6.45) is -0.164. The molecule has 130 valence electrons. The minimum absolute atomic E-state index is 0.0472. The molecule has 0 amide bonds. The lowest BCUT2D eigenvalue weighted by Crippen LogP contribution is -2.42. The Kier molecular flexibility index (Phi) is 4.88. The van der Waals surface area contributed by atoms with E-state index in [4.69, 9.17) is 0 Å². The third kappa shape index (κ3) is 3.95. The quantitative estimate of drug-likeness (QED) is 0.906. The van der Waals surface area contributed by atoms with E-state index in [-0.39, 0.29) is 6.04 Å². The second kappa shape index (κ2) is 6.92. The van der Waals surface area contributed by atoms with E-state index in [1.165, 1.54) is 0 Å². The van der Waals surface area contributed by atoms with Crippen LogP contribution in [0.15, 0.2) is 17.8 Å². The lowest BCUT2D eigenvalue weighted by molar-refractivity contribution is -0.140. The largest absolute Gasteiger partial charge is 0.434 e. The smallest absolute Gasteiger partial charge is 0.357 e. The molecule has 0 radical (unpaired) electrons. The highest BCUT2D eigenvalue weighted by atomic mass is 32.1. The topological polar surface area (TPSA) is 53.9 Å². The SMILES string of the molecule is CCc1cc(N2CCCC(Nc3nc(C(F)(F)F)cs3)C2)ncn1. The molecule has 1 unspecified atom stereocenters. The Hall–Kier alpha value is -1.90. The molecule has 0 bridgehead atoms. The minimum atomic E-state index is -4.40. The van der Waals surface area contributed by atoms with E-state index in [0.717, 1.165) is 54.0 Å². The molecular formula is C15H18F3N5S. The average molecular weight is 357 g/mol. The van der Waals surface area contributed by atoms with Gasteiger partial charge in [-0.05, 0) is 19.3 Å². The van der Waals surface area contributed by atoms with Crippen molar-refractivity contribution in [2.45, 2.75) is 38.4 Å². The number of nitrogens with one attached hydrogen (secondary N) is 1. The van der Waals surface area contributed by atoms with E-state index in [2.05, 4.69) is 25.2 Å². The first-order valence-electron chi connectivity index (χ1n) is 7.81. The van der Waals surface area contributed by atoms with Gasteiger partial charge < -0.3 is 10.2 Å². The second-order valence-corrected chi connectivity index (χ2v) is 6.54. The van der Waals surface area contributed by atoms with Crippen molar-refractivity contribution >= 4 is 22.3 Å². The van der Waals surface area contributed by atoms with Gasteiger partial charge in [-0.3, -0.25) is 0 Å². The van der Waals surface area contributed by atoms with Crippen LogP contribution in [0.4, 0.5) is 24.1 Å². The van der Waals surface area contributed by atoms with Crippen LogP contribution in [0.25, 0.3) is 0 Å². The highest BCUT2D eigenvalue weighted by Gasteiger charge is 2.34. The lowest BCUT2D eigenvalue weighted by atomic mass is 10.1. The van der Waals surface area contributed by atoms with Gasteiger partial charge >= 0.3 is 6.18 Å². The fourth-order valence-electron chi connectivity index (χ4n) is 2.70. The van der Waals surface area contributed by atoms with Crippen molar-refractivity contribution in [3.05, 3.63) is 29.2 Å². The molecule has 0 saturated carbocycles. The molecule has 1 fully saturated rings. The number of anilines is 2. The Morgan fingerprint density at radius 2 is 2.21 bits per heavy atom. The van der Waals surface area contributed by atoms with Crippen molar-refractivity contribution in [1.29, 1.82) is 0 Å². The molecule has 5 nitrogen and oxygen atoms in total. The maximum absolute atomic E-state index is 12.6. The Morgan fingerprint density at radius 1 is 1.38 bits per heavy atom. The zero-order valence-corrected chi connectivity index (χ0v) is 14.0. The van der Waals surface area contributed by atoms with Gasteiger partial charge in [0.25, 0.3) is 0 Å². The van der Waals surface area contributed by atoms with Gasteiger partial charge in [0.1, 0.15) is 12.1 Å². The van der Waals surface area contributed by atoms with Gasteiger partial charge in [0.15, 0.2) is 10.8 Å². The number of hydrogen-bond acceptors (Lipinski definition) is 6. The first-order chi connectivity index (χ1) is 11.5. The minimum Gasteiger partial charge on any atom is -0.357 e. The van der Waals surface area contributed by atoms with Crippen molar-refractivity contribution in [3.8, 4) is 0 Å². The standard InChI is InChI=1S/C15H18F3N5S/c1-2-10-6-13(20-9-19-10)23-5-3-4-11(7-23)21-14-22-12(8-24-14)15(16,17)18/h6,8-9,11H,2-5,7H2,1H3,(H,21,22). The Balaban J connectivity index is 1.66. The summed E-state index contributed by atoms with van der Waals surface area (Å²) in [5.74, 6) is 0.864. The molecule has 0 spiro atoms. The molecule has 2 aromatic rings. The number of piperidine rings is 1. The average Bonchev–Trinajstić information content (AvgIpc) is 3.04. The molecular weight excluding hydrogens is 339 g/mol. The van der Waals surface area contributed by atoms with Crippen molar-refractivity contribution in [3.63, 3.8) is 0 Å². The molecule has 1 aliphatic rings. The van der Waals surface area contributed by atoms with Crippen LogP contribution in [0.2, 0.25) is 0 Å². The predicted molar refractivity (Wildman–Crippen MR) is 87.4 cm³/mol. The van der Waals surface area contributed by atoms with Gasteiger partial charge in [-0.1, -0.05) is 6.92 Å². The van der Waals surface area contributed by atoms with Crippen LogP contribution in [0, 0.1) is 0 Å². The predicted octanol–water partition coefficient (Wildman–Crippen LogP) is 3.60. The molecule has 3 heterocycles. The lowest BCUT2D eigenvalue weighted by Gasteiger charge is -2.34. The van der Waals surface area contributed by atoms with Crippen molar-refractivity contribution < 1.29 is 13.2 Å².